The highest BCUT2D eigenvalue weighted by Gasteiger charge is 2.41. The second kappa shape index (κ2) is 5.81. The molecule has 0 aromatic rings. The standard InChI is InChI=1S/C14H23F2NO/c1-4-6-13(7-8-13)10-17-12(18)11(3)9-14(15,16)5-2/h4,11H,1,5-10H2,2-3H3,(H,17,18). The van der Waals surface area contributed by atoms with E-state index in [0.717, 1.165) is 19.3 Å². The molecule has 1 aliphatic rings. The van der Waals surface area contributed by atoms with Gasteiger partial charge < -0.3 is 5.32 Å². The molecule has 0 radical (unpaired) electrons. The molecule has 104 valence electrons. The summed E-state index contributed by atoms with van der Waals surface area (Å²) in [5.74, 6) is -3.65. The molecule has 18 heavy (non-hydrogen) atoms. The lowest BCUT2D eigenvalue weighted by Gasteiger charge is -2.20. The Kier molecular flexibility index (Phi) is 4.88. The summed E-state index contributed by atoms with van der Waals surface area (Å²) >= 11 is 0. The number of hydrogen-bond acceptors (Lipinski definition) is 1. The number of amides is 1. The Morgan fingerprint density at radius 3 is 2.61 bits per heavy atom. The molecule has 1 amide bonds. The van der Waals surface area contributed by atoms with Gasteiger partial charge in [0.15, 0.2) is 0 Å². The average molecular weight is 259 g/mol. The van der Waals surface area contributed by atoms with Gasteiger partial charge in [-0.25, -0.2) is 8.78 Å². The van der Waals surface area contributed by atoms with E-state index in [4.69, 9.17) is 0 Å². The molecule has 1 unspecified atom stereocenters. The Balaban J connectivity index is 2.34. The fraction of sp³-hybridized carbons (Fsp3) is 0.786. The Morgan fingerprint density at radius 1 is 1.56 bits per heavy atom. The molecular formula is C14H23F2NO. The molecule has 0 bridgehead atoms. The van der Waals surface area contributed by atoms with E-state index in [-0.39, 0.29) is 24.2 Å². The number of carbonyl (C=O) groups excluding carboxylic acids is 1. The van der Waals surface area contributed by atoms with Gasteiger partial charge in [-0.05, 0) is 24.7 Å². The van der Waals surface area contributed by atoms with E-state index in [0.29, 0.717) is 6.54 Å². The van der Waals surface area contributed by atoms with Crippen LogP contribution in [0.1, 0.15) is 46.0 Å². The number of rotatable bonds is 8. The molecule has 0 aliphatic heterocycles. The van der Waals surface area contributed by atoms with Crippen LogP contribution in [0.5, 0.6) is 0 Å². The minimum absolute atomic E-state index is 0.157. The van der Waals surface area contributed by atoms with Crippen molar-refractivity contribution in [3.8, 4) is 0 Å². The molecule has 0 aromatic heterocycles. The second-order valence-corrected chi connectivity index (χ2v) is 5.53. The summed E-state index contributed by atoms with van der Waals surface area (Å²) < 4.78 is 26.4. The van der Waals surface area contributed by atoms with Crippen LogP contribution in [-0.2, 0) is 4.79 Å². The van der Waals surface area contributed by atoms with Crippen LogP contribution < -0.4 is 5.32 Å². The third-order valence-corrected chi connectivity index (χ3v) is 3.74. The minimum Gasteiger partial charge on any atom is -0.355 e. The molecule has 0 spiro atoms. The van der Waals surface area contributed by atoms with Gasteiger partial charge in [0, 0.05) is 25.3 Å². The van der Waals surface area contributed by atoms with Crippen molar-refractivity contribution in [1.82, 2.24) is 5.32 Å². The van der Waals surface area contributed by atoms with E-state index in [9.17, 15) is 13.6 Å². The van der Waals surface area contributed by atoms with Crippen LogP contribution in [0.2, 0.25) is 0 Å². The smallest absolute Gasteiger partial charge is 0.248 e. The summed E-state index contributed by atoms with van der Waals surface area (Å²) in [5.41, 5.74) is 0.157. The SMILES string of the molecule is C=CCC1(CNC(=O)C(C)CC(F)(F)CC)CC1. The third kappa shape index (κ3) is 4.39. The Hall–Kier alpha value is -0.930. The van der Waals surface area contributed by atoms with E-state index in [1.165, 1.54) is 6.92 Å². The highest BCUT2D eigenvalue weighted by molar-refractivity contribution is 5.78. The molecule has 1 atom stereocenters. The molecule has 0 heterocycles. The van der Waals surface area contributed by atoms with E-state index in [1.807, 2.05) is 6.08 Å². The highest BCUT2D eigenvalue weighted by Crippen LogP contribution is 2.48. The maximum atomic E-state index is 13.2. The monoisotopic (exact) mass is 259 g/mol. The lowest BCUT2D eigenvalue weighted by Crippen LogP contribution is -2.36. The number of halogens is 2. The predicted octanol–water partition coefficient (Wildman–Crippen LogP) is 3.53. The summed E-state index contributed by atoms with van der Waals surface area (Å²) in [6.07, 6.45) is 4.31. The molecule has 2 nitrogen and oxygen atoms in total. The van der Waals surface area contributed by atoms with Crippen LogP contribution in [0.15, 0.2) is 12.7 Å². The van der Waals surface area contributed by atoms with Gasteiger partial charge in [-0.15, -0.1) is 6.58 Å². The Morgan fingerprint density at radius 2 is 2.17 bits per heavy atom. The van der Waals surface area contributed by atoms with Crippen molar-refractivity contribution in [3.63, 3.8) is 0 Å². The van der Waals surface area contributed by atoms with Crippen molar-refractivity contribution >= 4 is 5.91 Å². The molecule has 1 rings (SSSR count). The second-order valence-electron chi connectivity index (χ2n) is 5.53. The largest absolute Gasteiger partial charge is 0.355 e. The van der Waals surface area contributed by atoms with Crippen LogP contribution in [0.3, 0.4) is 0 Å². The van der Waals surface area contributed by atoms with Crippen molar-refractivity contribution in [1.29, 1.82) is 0 Å². The minimum atomic E-state index is -2.74. The Labute approximate surface area is 108 Å². The highest BCUT2D eigenvalue weighted by atomic mass is 19.3. The maximum absolute atomic E-state index is 13.2. The normalized spacial score (nSPS) is 19.1. The van der Waals surface area contributed by atoms with Gasteiger partial charge in [-0.3, -0.25) is 4.79 Å². The van der Waals surface area contributed by atoms with E-state index in [2.05, 4.69) is 11.9 Å². The molecule has 0 aromatic carbocycles. The van der Waals surface area contributed by atoms with Crippen molar-refractivity contribution in [2.75, 3.05) is 6.54 Å². The van der Waals surface area contributed by atoms with Crippen LogP contribution >= 0.6 is 0 Å². The molecule has 1 aliphatic carbocycles. The first-order valence-corrected chi connectivity index (χ1v) is 6.60. The van der Waals surface area contributed by atoms with Crippen LogP contribution in [0.4, 0.5) is 8.78 Å². The summed E-state index contributed by atoms with van der Waals surface area (Å²) in [6, 6.07) is 0. The van der Waals surface area contributed by atoms with E-state index in [1.54, 1.807) is 6.92 Å². The van der Waals surface area contributed by atoms with Crippen molar-refractivity contribution in [3.05, 3.63) is 12.7 Å². The molecular weight excluding hydrogens is 236 g/mol. The number of alkyl halides is 2. The van der Waals surface area contributed by atoms with Crippen LogP contribution in [0.25, 0.3) is 0 Å². The number of nitrogens with one attached hydrogen (secondary N) is 1. The van der Waals surface area contributed by atoms with E-state index >= 15 is 0 Å². The fourth-order valence-corrected chi connectivity index (χ4v) is 2.07. The van der Waals surface area contributed by atoms with Gasteiger partial charge in [0.25, 0.3) is 0 Å². The predicted molar refractivity (Wildman–Crippen MR) is 68.5 cm³/mol. The lowest BCUT2D eigenvalue weighted by atomic mass is 9.99. The Bertz CT molecular complexity index is 311. The summed E-state index contributed by atoms with van der Waals surface area (Å²) in [7, 11) is 0. The van der Waals surface area contributed by atoms with E-state index < -0.39 is 11.8 Å². The van der Waals surface area contributed by atoms with Gasteiger partial charge in [0.1, 0.15) is 0 Å². The molecule has 0 saturated heterocycles. The van der Waals surface area contributed by atoms with Gasteiger partial charge in [0.2, 0.25) is 11.8 Å². The van der Waals surface area contributed by atoms with Gasteiger partial charge in [-0.2, -0.15) is 0 Å². The molecule has 1 fully saturated rings. The molecule has 4 heteroatoms. The zero-order chi connectivity index (χ0) is 13.8. The fourth-order valence-electron chi connectivity index (χ4n) is 2.07. The zero-order valence-corrected chi connectivity index (χ0v) is 11.3. The number of allylic oxidation sites excluding steroid dienone is 1. The van der Waals surface area contributed by atoms with Gasteiger partial charge in [-0.1, -0.05) is 19.9 Å². The number of hydrogen-bond donors (Lipinski definition) is 1. The first kappa shape index (κ1) is 15.1. The van der Waals surface area contributed by atoms with Crippen LogP contribution in [-0.4, -0.2) is 18.4 Å². The van der Waals surface area contributed by atoms with Gasteiger partial charge in [0.05, 0.1) is 0 Å². The maximum Gasteiger partial charge on any atom is 0.248 e. The summed E-state index contributed by atoms with van der Waals surface area (Å²) in [4.78, 5) is 11.7. The first-order chi connectivity index (χ1) is 8.34. The van der Waals surface area contributed by atoms with Gasteiger partial charge >= 0.3 is 0 Å². The number of carbonyl (C=O) groups is 1. The van der Waals surface area contributed by atoms with Crippen molar-refractivity contribution in [2.24, 2.45) is 11.3 Å². The molecule has 1 saturated carbocycles. The zero-order valence-electron chi connectivity index (χ0n) is 11.3. The summed E-state index contributed by atoms with van der Waals surface area (Å²) in [6.45, 7) is 7.28. The topological polar surface area (TPSA) is 29.1 Å². The molecule has 1 N–H and O–H groups in total. The third-order valence-electron chi connectivity index (χ3n) is 3.74. The van der Waals surface area contributed by atoms with Crippen molar-refractivity contribution < 1.29 is 13.6 Å². The van der Waals surface area contributed by atoms with Crippen LogP contribution in [0, 0.1) is 11.3 Å². The lowest BCUT2D eigenvalue weighted by molar-refractivity contribution is -0.128. The average Bonchev–Trinajstić information content (AvgIpc) is 3.06. The van der Waals surface area contributed by atoms with Crippen molar-refractivity contribution in [2.45, 2.75) is 51.9 Å². The first-order valence-electron chi connectivity index (χ1n) is 6.60. The summed E-state index contributed by atoms with van der Waals surface area (Å²) in [5, 5.41) is 2.80. The quantitative estimate of drug-likeness (QED) is 0.664.